The van der Waals surface area contributed by atoms with E-state index >= 15 is 0 Å². The maximum atomic E-state index is 8.88. The first kappa shape index (κ1) is 42.0. The van der Waals surface area contributed by atoms with Gasteiger partial charge in [0.15, 0.2) is 0 Å². The van der Waals surface area contributed by atoms with Crippen molar-refractivity contribution in [2.45, 2.75) is 0 Å². The van der Waals surface area contributed by atoms with Crippen molar-refractivity contribution < 1.29 is 51.9 Å². The van der Waals surface area contributed by atoms with Gasteiger partial charge in [-0.2, -0.15) is 0 Å². The van der Waals surface area contributed by atoms with E-state index in [9.17, 15) is 0 Å². The summed E-state index contributed by atoms with van der Waals surface area (Å²) in [5, 5.41) is 0. The zero-order chi connectivity index (χ0) is 4.50. The van der Waals surface area contributed by atoms with Crippen molar-refractivity contribution in [2.24, 2.45) is 0 Å². The maximum absolute atomic E-state index is 8.88. The van der Waals surface area contributed by atoms with Crippen LogP contribution < -0.4 is 0 Å². The van der Waals surface area contributed by atoms with Crippen LogP contribution in [-0.4, -0.2) is 44.2 Å². The summed E-state index contributed by atoms with van der Waals surface area (Å²) in [6.07, 6.45) is 0. The number of hydrogen-bond donors (Lipinski definition) is 3. The summed E-state index contributed by atoms with van der Waals surface area (Å²) >= 11 is 0. The Labute approximate surface area is 88.9 Å². The molecule has 1 radical (unpaired) electrons. The van der Waals surface area contributed by atoms with Crippen LogP contribution in [0.15, 0.2) is 0 Å². The van der Waals surface area contributed by atoms with E-state index in [1.165, 1.54) is 0 Å². The predicted molar refractivity (Wildman–Crippen MR) is 28.9 cm³/mol. The molecule has 0 aliphatic rings. The first-order valence-corrected chi connectivity index (χ1v) is 2.35. The van der Waals surface area contributed by atoms with Gasteiger partial charge in [0, 0.05) is 18.6 Å². The first-order valence-electron chi connectivity index (χ1n) is 0.783. The number of phosphoric acid groups is 1. The third-order valence-corrected chi connectivity index (χ3v) is 0. The topological polar surface area (TPSA) is 77.8 Å². The monoisotopic (exact) mass is 233 g/mol. The smallest absolute Gasteiger partial charge is 0 e. The summed E-state index contributed by atoms with van der Waals surface area (Å²) in [7, 11) is -4.64. The van der Waals surface area contributed by atoms with Gasteiger partial charge < -0.3 is 14.7 Å². The van der Waals surface area contributed by atoms with Gasteiger partial charge in [-0.1, -0.05) is 0 Å². The van der Waals surface area contributed by atoms with Crippen LogP contribution in [0.2, 0.25) is 0 Å². The second kappa shape index (κ2) is 16.8. The fourth-order valence-electron chi connectivity index (χ4n) is 0. The molecule has 0 heterocycles. The molecule has 0 atom stereocenters. The molecule has 63 valence electrons. The zero-order valence-corrected chi connectivity index (χ0v) is 6.16. The Kier molecular flexibility index (Phi) is 70.7. The Hall–Kier alpha value is 1.48. The van der Waals surface area contributed by atoms with Gasteiger partial charge in [0.1, 0.15) is 0 Å². The van der Waals surface area contributed by atoms with Gasteiger partial charge in [-0.15, -0.1) is 0 Å². The summed E-state index contributed by atoms with van der Waals surface area (Å²) in [4.78, 5) is 21.6. The third kappa shape index (κ3) is 310. The van der Waals surface area contributed by atoms with Gasteiger partial charge in [-0.25, -0.2) is 4.57 Å². The molecule has 0 aliphatic heterocycles. The quantitative estimate of drug-likeness (QED) is 0.365. The predicted octanol–water partition coefficient (Wildman–Crippen LogP) is -1.12. The van der Waals surface area contributed by atoms with Crippen LogP contribution in [0.5, 0.6) is 0 Å². The van der Waals surface area contributed by atoms with Crippen molar-refractivity contribution in [2.75, 3.05) is 0 Å². The van der Waals surface area contributed by atoms with E-state index in [2.05, 4.69) is 0 Å². The van der Waals surface area contributed by atoms with E-state index in [0.29, 0.717) is 0 Å². The minimum atomic E-state index is -4.64. The van der Waals surface area contributed by atoms with Crippen molar-refractivity contribution in [3.8, 4) is 0 Å². The second-order valence-electron chi connectivity index (χ2n) is 0.513. The zero-order valence-electron chi connectivity index (χ0n) is 3.87. The van der Waals surface area contributed by atoms with Crippen LogP contribution in [-0.2, 0) is 23.1 Å². The van der Waals surface area contributed by atoms with E-state index in [1.807, 2.05) is 0 Å². The molecule has 0 fully saturated rings. The normalized spacial score (nSPS) is 5.90. The summed E-state index contributed by atoms with van der Waals surface area (Å²) in [5.74, 6) is 0. The molecular weight excluding hydrogens is 226 g/mol. The SMILES string of the molecule is F.F.F.O=P(O)(O)O.[NaH].[V]. The molecule has 0 saturated heterocycles. The fourth-order valence-corrected chi connectivity index (χ4v) is 0. The molecule has 10 heavy (non-hydrogen) atoms. The van der Waals surface area contributed by atoms with Crippen molar-refractivity contribution >= 4 is 37.4 Å². The average molecular weight is 233 g/mol. The molecule has 0 aromatic heterocycles. The van der Waals surface area contributed by atoms with Crippen molar-refractivity contribution in [3.05, 3.63) is 0 Å². The minimum Gasteiger partial charge on any atom is 0 e. The van der Waals surface area contributed by atoms with Gasteiger partial charge in [0.25, 0.3) is 0 Å². The Bertz CT molecular complexity index is 66.6. The summed E-state index contributed by atoms with van der Waals surface area (Å²) in [6.45, 7) is 0. The van der Waals surface area contributed by atoms with Crippen molar-refractivity contribution in [1.82, 2.24) is 0 Å². The van der Waals surface area contributed by atoms with Gasteiger partial charge in [0.2, 0.25) is 0 Å². The molecule has 0 aromatic rings. The second-order valence-corrected chi connectivity index (χ2v) is 1.54. The van der Waals surface area contributed by atoms with Crippen LogP contribution in [0.25, 0.3) is 0 Å². The molecule has 0 amide bonds. The number of halogens is 3. The summed E-state index contributed by atoms with van der Waals surface area (Å²) < 4.78 is 8.88. The Morgan fingerprint density at radius 1 is 0.900 bits per heavy atom. The van der Waals surface area contributed by atoms with Crippen molar-refractivity contribution in [1.29, 1.82) is 0 Å². The molecule has 10 heteroatoms. The van der Waals surface area contributed by atoms with Crippen LogP contribution in [0.4, 0.5) is 14.1 Å². The number of rotatable bonds is 0. The molecule has 0 aliphatic carbocycles. The molecular formula is H7F3NaO4PV. The van der Waals surface area contributed by atoms with E-state index in [4.69, 9.17) is 19.2 Å². The molecule has 0 aromatic carbocycles. The van der Waals surface area contributed by atoms with E-state index in [0.717, 1.165) is 0 Å². The van der Waals surface area contributed by atoms with Gasteiger partial charge in [-0.3, -0.25) is 14.1 Å². The molecule has 3 N–H and O–H groups in total. The number of hydrogen-bond acceptors (Lipinski definition) is 1. The van der Waals surface area contributed by atoms with Crippen LogP contribution in [0.3, 0.4) is 0 Å². The Balaban J connectivity index is -0.00000000800. The maximum Gasteiger partial charge on any atom is 0 e. The van der Waals surface area contributed by atoms with Crippen LogP contribution in [0.1, 0.15) is 0 Å². The molecule has 0 saturated carbocycles. The molecule has 0 spiro atoms. The third-order valence-electron chi connectivity index (χ3n) is 0. The van der Waals surface area contributed by atoms with E-state index in [1.54, 1.807) is 0 Å². The van der Waals surface area contributed by atoms with Crippen molar-refractivity contribution in [3.63, 3.8) is 0 Å². The molecule has 0 rings (SSSR count). The largest absolute Gasteiger partial charge is 0 e. The fraction of sp³-hybridized carbons (Fsp3) is 0. The summed E-state index contributed by atoms with van der Waals surface area (Å²) in [5.41, 5.74) is 0. The summed E-state index contributed by atoms with van der Waals surface area (Å²) in [6, 6.07) is 0. The van der Waals surface area contributed by atoms with Crippen LogP contribution >= 0.6 is 7.82 Å². The van der Waals surface area contributed by atoms with Gasteiger partial charge in [-0.05, 0) is 0 Å². The first-order chi connectivity index (χ1) is 2.00. The van der Waals surface area contributed by atoms with Gasteiger partial charge >= 0.3 is 37.4 Å². The standard InChI is InChI=1S/3FH.Na.H3O4P.V.H/c;;;;1-5(2,3)4;;/h3*1H;;(H3,1,2,3,4);;. The minimum absolute atomic E-state index is 0. The average Bonchev–Trinajstić information content (AvgIpc) is 0.722. The molecule has 0 unspecified atom stereocenters. The van der Waals surface area contributed by atoms with Gasteiger partial charge in [0.05, 0.1) is 0 Å². The van der Waals surface area contributed by atoms with E-state index in [-0.39, 0.29) is 62.2 Å². The Morgan fingerprint density at radius 3 is 0.900 bits per heavy atom. The molecule has 4 nitrogen and oxygen atoms in total. The molecule has 0 bridgehead atoms. The van der Waals surface area contributed by atoms with E-state index < -0.39 is 7.82 Å². The van der Waals surface area contributed by atoms with Crippen LogP contribution in [0, 0.1) is 0 Å². The Morgan fingerprint density at radius 2 is 0.900 bits per heavy atom.